The first-order chi connectivity index (χ1) is 15.6. The number of para-hydroxylation sites is 1. The summed E-state index contributed by atoms with van der Waals surface area (Å²) < 4.78 is 10.9. The van der Waals surface area contributed by atoms with Crippen molar-refractivity contribution in [2.75, 3.05) is 26.3 Å². The molecule has 1 unspecified atom stereocenters. The third kappa shape index (κ3) is 8.17. The number of ether oxygens (including phenoxy) is 2. The number of esters is 1. The van der Waals surface area contributed by atoms with Gasteiger partial charge in [0, 0.05) is 13.1 Å². The first-order valence-electron chi connectivity index (χ1n) is 12.0. The molecule has 1 aromatic rings. The predicted octanol–water partition coefficient (Wildman–Crippen LogP) is 4.10. The fourth-order valence-corrected chi connectivity index (χ4v) is 3.88. The highest BCUT2D eigenvalue weighted by Crippen LogP contribution is 2.22. The Hall–Kier alpha value is -2.57. The number of rotatable bonds is 14. The molecule has 178 valence electrons. The number of carbonyl (C=O) groups excluding carboxylic acids is 3. The van der Waals surface area contributed by atoms with Gasteiger partial charge >= 0.3 is 5.97 Å². The maximum Gasteiger partial charge on any atom is 0.308 e. The number of amides is 2. The lowest BCUT2D eigenvalue weighted by Crippen LogP contribution is -2.57. The lowest BCUT2D eigenvalue weighted by Gasteiger charge is -2.34. The Morgan fingerprint density at radius 1 is 1.03 bits per heavy atom. The van der Waals surface area contributed by atoms with Crippen LogP contribution in [0.25, 0.3) is 0 Å². The standard InChI is InChI=1S/C25H38N2O5/c1-3-5-6-7-8-9-10-13-18-32-23(28)19-21-24(29)26-16-17-27(21)25(30)20-14-11-12-15-22(20)31-4-2/h11-12,14-15,21H,3-10,13,16-19H2,1-2H3,(H,26,29). The molecule has 0 aliphatic carbocycles. The molecular weight excluding hydrogens is 408 g/mol. The van der Waals surface area contributed by atoms with Crippen LogP contribution in [-0.2, 0) is 14.3 Å². The molecule has 0 aromatic heterocycles. The zero-order chi connectivity index (χ0) is 23.2. The van der Waals surface area contributed by atoms with Gasteiger partial charge in [-0.25, -0.2) is 0 Å². The van der Waals surface area contributed by atoms with Gasteiger partial charge in [-0.2, -0.15) is 0 Å². The summed E-state index contributed by atoms with van der Waals surface area (Å²) in [7, 11) is 0. The Balaban J connectivity index is 1.84. The highest BCUT2D eigenvalue weighted by atomic mass is 16.5. The number of benzene rings is 1. The number of nitrogens with one attached hydrogen (secondary N) is 1. The molecule has 0 spiro atoms. The Morgan fingerprint density at radius 3 is 2.44 bits per heavy atom. The van der Waals surface area contributed by atoms with Gasteiger partial charge in [0.2, 0.25) is 5.91 Å². The van der Waals surface area contributed by atoms with Gasteiger partial charge in [-0.05, 0) is 25.5 Å². The third-order valence-corrected chi connectivity index (χ3v) is 5.63. The van der Waals surface area contributed by atoms with Crippen molar-refractivity contribution < 1.29 is 23.9 Å². The van der Waals surface area contributed by atoms with Gasteiger partial charge in [-0.15, -0.1) is 0 Å². The molecule has 7 nitrogen and oxygen atoms in total. The number of hydrogen-bond acceptors (Lipinski definition) is 5. The molecule has 1 saturated heterocycles. The molecule has 2 amide bonds. The maximum absolute atomic E-state index is 13.2. The molecule has 0 radical (unpaired) electrons. The van der Waals surface area contributed by atoms with Gasteiger partial charge in [0.25, 0.3) is 5.91 Å². The van der Waals surface area contributed by atoms with E-state index in [4.69, 9.17) is 9.47 Å². The van der Waals surface area contributed by atoms with E-state index in [1.807, 2.05) is 6.92 Å². The van der Waals surface area contributed by atoms with Crippen LogP contribution in [0.3, 0.4) is 0 Å². The lowest BCUT2D eigenvalue weighted by molar-refractivity contribution is -0.147. The number of carbonyl (C=O) groups is 3. The Bertz CT molecular complexity index is 737. The van der Waals surface area contributed by atoms with Crippen LogP contribution in [0.15, 0.2) is 24.3 Å². The van der Waals surface area contributed by atoms with Crippen molar-refractivity contribution >= 4 is 17.8 Å². The molecule has 1 aliphatic heterocycles. The number of piperazine rings is 1. The number of nitrogens with zero attached hydrogens (tertiary/aromatic N) is 1. The zero-order valence-corrected chi connectivity index (χ0v) is 19.6. The van der Waals surface area contributed by atoms with Crippen molar-refractivity contribution in [2.45, 2.75) is 77.7 Å². The zero-order valence-electron chi connectivity index (χ0n) is 19.6. The van der Waals surface area contributed by atoms with E-state index in [9.17, 15) is 14.4 Å². The van der Waals surface area contributed by atoms with E-state index in [1.165, 1.54) is 37.0 Å². The van der Waals surface area contributed by atoms with Crippen molar-refractivity contribution in [2.24, 2.45) is 0 Å². The summed E-state index contributed by atoms with van der Waals surface area (Å²) in [5.41, 5.74) is 0.390. The summed E-state index contributed by atoms with van der Waals surface area (Å²) in [6, 6.07) is 6.08. The Kier molecular flexibility index (Phi) is 11.6. The molecule has 7 heteroatoms. The minimum absolute atomic E-state index is 0.147. The van der Waals surface area contributed by atoms with Gasteiger partial charge in [-0.1, -0.05) is 64.0 Å². The average molecular weight is 447 g/mol. The van der Waals surface area contributed by atoms with Gasteiger partial charge in [0.15, 0.2) is 0 Å². The van der Waals surface area contributed by atoms with Crippen LogP contribution in [0, 0.1) is 0 Å². The molecular formula is C25H38N2O5. The largest absolute Gasteiger partial charge is 0.493 e. The summed E-state index contributed by atoms with van der Waals surface area (Å²) >= 11 is 0. The molecule has 0 saturated carbocycles. The van der Waals surface area contributed by atoms with Gasteiger partial charge in [-0.3, -0.25) is 14.4 Å². The average Bonchev–Trinajstić information content (AvgIpc) is 2.79. The van der Waals surface area contributed by atoms with Crippen LogP contribution in [0.4, 0.5) is 0 Å². The third-order valence-electron chi connectivity index (χ3n) is 5.63. The molecule has 1 fully saturated rings. The Labute approximate surface area is 191 Å². The summed E-state index contributed by atoms with van der Waals surface area (Å²) in [5.74, 6) is -0.625. The van der Waals surface area contributed by atoms with Gasteiger partial charge in [0.05, 0.1) is 25.2 Å². The lowest BCUT2D eigenvalue weighted by atomic mass is 10.1. The molecule has 32 heavy (non-hydrogen) atoms. The second-order valence-electron chi connectivity index (χ2n) is 8.13. The minimum atomic E-state index is -0.878. The van der Waals surface area contributed by atoms with Gasteiger partial charge < -0.3 is 19.7 Å². The van der Waals surface area contributed by atoms with Crippen molar-refractivity contribution in [1.82, 2.24) is 10.2 Å². The van der Waals surface area contributed by atoms with Crippen LogP contribution in [0.1, 0.15) is 82.0 Å². The molecule has 0 bridgehead atoms. The summed E-state index contributed by atoms with van der Waals surface area (Å²) in [6.45, 7) is 5.52. The number of unbranched alkanes of at least 4 members (excludes halogenated alkanes) is 7. The first-order valence-corrected chi connectivity index (χ1v) is 12.0. The highest BCUT2D eigenvalue weighted by molar-refractivity contribution is 6.01. The van der Waals surface area contributed by atoms with Crippen molar-refractivity contribution in [3.05, 3.63) is 29.8 Å². The van der Waals surface area contributed by atoms with E-state index in [0.29, 0.717) is 37.6 Å². The van der Waals surface area contributed by atoms with E-state index >= 15 is 0 Å². The van der Waals surface area contributed by atoms with Crippen LogP contribution in [0.5, 0.6) is 5.75 Å². The fraction of sp³-hybridized carbons (Fsp3) is 0.640. The first kappa shape index (κ1) is 25.7. The van der Waals surface area contributed by atoms with Crippen LogP contribution < -0.4 is 10.1 Å². The van der Waals surface area contributed by atoms with E-state index < -0.39 is 12.0 Å². The van der Waals surface area contributed by atoms with Gasteiger partial charge in [0.1, 0.15) is 11.8 Å². The van der Waals surface area contributed by atoms with E-state index in [2.05, 4.69) is 12.2 Å². The summed E-state index contributed by atoms with van der Waals surface area (Å²) in [4.78, 5) is 39.5. The highest BCUT2D eigenvalue weighted by Gasteiger charge is 2.36. The fourth-order valence-electron chi connectivity index (χ4n) is 3.88. The second-order valence-corrected chi connectivity index (χ2v) is 8.13. The van der Waals surface area contributed by atoms with E-state index in [-0.39, 0.29) is 18.2 Å². The van der Waals surface area contributed by atoms with E-state index in [0.717, 1.165) is 19.3 Å². The van der Waals surface area contributed by atoms with Crippen molar-refractivity contribution in [3.8, 4) is 5.75 Å². The quantitative estimate of drug-likeness (QED) is 0.344. The normalized spacial score (nSPS) is 15.9. The van der Waals surface area contributed by atoms with E-state index in [1.54, 1.807) is 24.3 Å². The number of hydrogen-bond donors (Lipinski definition) is 1. The molecule has 1 atom stereocenters. The summed E-state index contributed by atoms with van der Waals surface area (Å²) in [6.07, 6.45) is 9.17. The molecule has 1 N–H and O–H groups in total. The van der Waals surface area contributed by atoms with Crippen LogP contribution >= 0.6 is 0 Å². The Morgan fingerprint density at radius 2 is 1.72 bits per heavy atom. The maximum atomic E-state index is 13.2. The monoisotopic (exact) mass is 446 g/mol. The smallest absolute Gasteiger partial charge is 0.308 e. The topological polar surface area (TPSA) is 84.9 Å². The molecule has 1 aromatic carbocycles. The molecule has 1 aliphatic rings. The van der Waals surface area contributed by atoms with Crippen molar-refractivity contribution in [3.63, 3.8) is 0 Å². The van der Waals surface area contributed by atoms with Crippen molar-refractivity contribution in [1.29, 1.82) is 0 Å². The predicted molar refractivity (Wildman–Crippen MR) is 124 cm³/mol. The van der Waals surface area contributed by atoms with Crippen LogP contribution in [-0.4, -0.2) is 55.0 Å². The van der Waals surface area contributed by atoms with Crippen LogP contribution in [0.2, 0.25) is 0 Å². The molecule has 2 rings (SSSR count). The summed E-state index contributed by atoms with van der Waals surface area (Å²) in [5, 5.41) is 2.75. The minimum Gasteiger partial charge on any atom is -0.493 e. The second kappa shape index (κ2) is 14.5. The SMILES string of the molecule is CCCCCCCCCCOC(=O)CC1C(=O)NCCN1C(=O)c1ccccc1OCC. The molecule has 1 heterocycles.